The number of aliphatic hydroxyl groups excluding tert-OH is 3. The van der Waals surface area contributed by atoms with Crippen LogP contribution in [0.3, 0.4) is 0 Å². The number of anilines is 1. The van der Waals surface area contributed by atoms with E-state index in [0.29, 0.717) is 5.69 Å². The molecule has 1 fully saturated rings. The molecule has 0 spiro atoms. The van der Waals surface area contributed by atoms with E-state index in [1.807, 2.05) is 0 Å². The number of nitrogen functional groups attached to an aromatic ring is 1. The first kappa shape index (κ1) is 17.1. The van der Waals surface area contributed by atoms with E-state index in [9.17, 15) is 19.6 Å². The first-order valence-corrected chi connectivity index (χ1v) is 6.75. The first-order valence-electron chi connectivity index (χ1n) is 6.75. The molecule has 0 amide bonds. The van der Waals surface area contributed by atoms with E-state index < -0.39 is 44.5 Å². The van der Waals surface area contributed by atoms with Crippen LogP contribution in [0.15, 0.2) is 24.3 Å². The van der Waals surface area contributed by atoms with E-state index in [1.54, 1.807) is 12.1 Å². The van der Waals surface area contributed by atoms with Gasteiger partial charge >= 0.3 is 7.19 Å². The van der Waals surface area contributed by atoms with Gasteiger partial charge in [-0.15, -0.1) is 0 Å². The minimum atomic E-state index is -1.96. The SMILES string of the molecule is CO[C@H]1[C@H](O)[C@@H](CO)O[C@@]1(CO)OB(F)c1cccc(N)c1. The number of hydrogen-bond donors (Lipinski definition) is 4. The smallest absolute Gasteiger partial charge is 0.399 e. The Labute approximate surface area is 127 Å². The number of halogens is 1. The van der Waals surface area contributed by atoms with Gasteiger partial charge in [0.2, 0.25) is 5.79 Å². The molecule has 1 aromatic carbocycles. The lowest BCUT2D eigenvalue weighted by Crippen LogP contribution is -2.54. The van der Waals surface area contributed by atoms with E-state index >= 15 is 0 Å². The molecular formula is C13H19BFNO6. The molecule has 0 bridgehead atoms. The number of hydrogen-bond acceptors (Lipinski definition) is 7. The molecule has 0 aromatic heterocycles. The van der Waals surface area contributed by atoms with Crippen molar-refractivity contribution in [1.82, 2.24) is 0 Å². The van der Waals surface area contributed by atoms with Crippen molar-refractivity contribution in [3.05, 3.63) is 24.3 Å². The maximum absolute atomic E-state index is 14.4. The third-order valence-corrected chi connectivity index (χ3v) is 3.61. The summed E-state index contributed by atoms with van der Waals surface area (Å²) in [4.78, 5) is 0. The second-order valence-electron chi connectivity index (χ2n) is 5.06. The molecule has 1 aliphatic heterocycles. The van der Waals surface area contributed by atoms with Gasteiger partial charge in [-0.2, -0.15) is 0 Å². The molecule has 122 valence electrons. The fourth-order valence-corrected chi connectivity index (χ4v) is 2.52. The average Bonchev–Trinajstić information content (AvgIpc) is 2.79. The summed E-state index contributed by atoms with van der Waals surface area (Å²) in [6.07, 6.45) is -3.48. The van der Waals surface area contributed by atoms with Gasteiger partial charge < -0.3 is 35.2 Å². The van der Waals surface area contributed by atoms with Crippen LogP contribution in [0.2, 0.25) is 0 Å². The molecule has 9 heteroatoms. The molecule has 5 N–H and O–H groups in total. The summed E-state index contributed by atoms with van der Waals surface area (Å²) in [6.45, 7) is -1.29. The largest absolute Gasteiger partial charge is 0.536 e. The Balaban J connectivity index is 2.23. The molecule has 0 unspecified atom stereocenters. The Hall–Kier alpha value is -1.23. The molecule has 1 saturated heterocycles. The minimum Gasteiger partial charge on any atom is -0.399 e. The zero-order chi connectivity index (χ0) is 16.3. The van der Waals surface area contributed by atoms with Crippen LogP contribution in [0.5, 0.6) is 0 Å². The third-order valence-electron chi connectivity index (χ3n) is 3.61. The summed E-state index contributed by atoms with van der Waals surface area (Å²) in [5, 5.41) is 28.8. The van der Waals surface area contributed by atoms with Crippen molar-refractivity contribution >= 4 is 18.3 Å². The fourth-order valence-electron chi connectivity index (χ4n) is 2.52. The Bertz CT molecular complexity index is 509. The maximum atomic E-state index is 14.4. The molecular weight excluding hydrogens is 296 g/mol. The summed E-state index contributed by atoms with van der Waals surface area (Å²) >= 11 is 0. The van der Waals surface area contributed by atoms with Crippen LogP contribution in [0, 0.1) is 0 Å². The van der Waals surface area contributed by atoms with Crippen molar-refractivity contribution in [2.45, 2.75) is 24.1 Å². The van der Waals surface area contributed by atoms with Gasteiger partial charge in [0.1, 0.15) is 18.3 Å². The van der Waals surface area contributed by atoms with Crippen molar-refractivity contribution in [3.8, 4) is 0 Å². The Morgan fingerprint density at radius 1 is 1.45 bits per heavy atom. The van der Waals surface area contributed by atoms with E-state index in [2.05, 4.69) is 0 Å². The number of benzene rings is 1. The molecule has 0 saturated carbocycles. The lowest BCUT2D eigenvalue weighted by molar-refractivity contribution is -0.240. The van der Waals surface area contributed by atoms with Crippen molar-refractivity contribution < 1.29 is 33.8 Å². The number of ether oxygens (including phenoxy) is 2. The summed E-state index contributed by atoms with van der Waals surface area (Å²) in [6, 6.07) is 5.99. The number of aliphatic hydroxyl groups is 3. The second kappa shape index (κ2) is 6.90. The predicted molar refractivity (Wildman–Crippen MR) is 77.0 cm³/mol. The first-order chi connectivity index (χ1) is 10.5. The molecule has 1 aromatic rings. The van der Waals surface area contributed by atoms with Crippen molar-refractivity contribution in [3.63, 3.8) is 0 Å². The lowest BCUT2D eigenvalue weighted by atomic mass is 9.81. The zero-order valence-electron chi connectivity index (χ0n) is 12.1. The van der Waals surface area contributed by atoms with E-state index in [-0.39, 0.29) is 5.46 Å². The van der Waals surface area contributed by atoms with Gasteiger partial charge in [0.05, 0.1) is 13.2 Å². The number of rotatable bonds is 6. The molecule has 7 nitrogen and oxygen atoms in total. The van der Waals surface area contributed by atoms with Gasteiger partial charge in [-0.3, -0.25) is 4.32 Å². The molecule has 0 radical (unpaired) electrons. The van der Waals surface area contributed by atoms with Gasteiger partial charge in [0.15, 0.2) is 0 Å². The average molecular weight is 315 g/mol. The van der Waals surface area contributed by atoms with E-state index in [1.165, 1.54) is 19.2 Å². The van der Waals surface area contributed by atoms with Gasteiger partial charge in [-0.1, -0.05) is 12.1 Å². The fraction of sp³-hybridized carbons (Fsp3) is 0.538. The maximum Gasteiger partial charge on any atom is 0.536 e. The number of methoxy groups -OCH3 is 1. The molecule has 1 heterocycles. The van der Waals surface area contributed by atoms with Gasteiger partial charge in [0.25, 0.3) is 0 Å². The Kier molecular flexibility index (Phi) is 5.38. The molecule has 1 aliphatic rings. The van der Waals surface area contributed by atoms with Gasteiger partial charge in [0, 0.05) is 12.8 Å². The van der Waals surface area contributed by atoms with Crippen LogP contribution in [-0.4, -0.2) is 66.9 Å². The summed E-state index contributed by atoms with van der Waals surface area (Å²) in [5.41, 5.74) is 6.07. The summed E-state index contributed by atoms with van der Waals surface area (Å²) < 4.78 is 30.0. The van der Waals surface area contributed by atoms with Crippen LogP contribution in [0.4, 0.5) is 10.0 Å². The highest BCUT2D eigenvalue weighted by Gasteiger charge is 2.57. The second-order valence-corrected chi connectivity index (χ2v) is 5.06. The van der Waals surface area contributed by atoms with Crippen molar-refractivity contribution in [2.75, 3.05) is 26.1 Å². The van der Waals surface area contributed by atoms with Crippen LogP contribution in [-0.2, 0) is 14.1 Å². The van der Waals surface area contributed by atoms with Crippen LogP contribution < -0.4 is 11.2 Å². The van der Waals surface area contributed by atoms with Crippen molar-refractivity contribution in [2.24, 2.45) is 0 Å². The normalized spacial score (nSPS) is 31.4. The van der Waals surface area contributed by atoms with E-state index in [4.69, 9.17) is 19.9 Å². The highest BCUT2D eigenvalue weighted by Crippen LogP contribution is 2.34. The lowest BCUT2D eigenvalue weighted by Gasteiger charge is -2.33. The van der Waals surface area contributed by atoms with Gasteiger partial charge in [-0.25, -0.2) is 0 Å². The van der Waals surface area contributed by atoms with Crippen molar-refractivity contribution in [1.29, 1.82) is 0 Å². The predicted octanol–water partition coefficient (Wildman–Crippen LogP) is -1.59. The quantitative estimate of drug-likeness (QED) is 0.369. The molecule has 2 rings (SSSR count). The van der Waals surface area contributed by atoms with E-state index in [0.717, 1.165) is 0 Å². The molecule has 0 aliphatic carbocycles. The Morgan fingerprint density at radius 2 is 2.18 bits per heavy atom. The third kappa shape index (κ3) is 3.10. The highest BCUT2D eigenvalue weighted by molar-refractivity contribution is 6.60. The topological polar surface area (TPSA) is 114 Å². The zero-order valence-corrected chi connectivity index (χ0v) is 12.1. The molecule has 22 heavy (non-hydrogen) atoms. The summed E-state index contributed by atoms with van der Waals surface area (Å²) in [7, 11) is -0.698. The molecule has 4 atom stereocenters. The van der Waals surface area contributed by atoms with Gasteiger partial charge in [-0.05, 0) is 17.6 Å². The van der Waals surface area contributed by atoms with Crippen LogP contribution in [0.1, 0.15) is 0 Å². The highest BCUT2D eigenvalue weighted by atomic mass is 19.1. The minimum absolute atomic E-state index is 0.133. The monoisotopic (exact) mass is 315 g/mol. The van der Waals surface area contributed by atoms with Crippen LogP contribution >= 0.6 is 0 Å². The standard InChI is InChI=1S/C13H19BFNO6/c1-20-12-11(19)10(6-17)21-13(12,7-18)22-14(15)8-3-2-4-9(16)5-8/h2-5,10-12,17-19H,6-7,16H2,1H3/t10-,11-,12+,13+/m1/s1. The summed E-state index contributed by atoms with van der Waals surface area (Å²) in [5.74, 6) is -1.93. The number of nitrogens with two attached hydrogens (primary N) is 1. The van der Waals surface area contributed by atoms with Crippen LogP contribution in [0.25, 0.3) is 0 Å². The Morgan fingerprint density at radius 3 is 2.73 bits per heavy atom.